The van der Waals surface area contributed by atoms with E-state index in [1.54, 1.807) is 24.3 Å². The topological polar surface area (TPSA) is 96.5 Å². The molecule has 0 atom stereocenters. The van der Waals surface area contributed by atoms with Crippen molar-refractivity contribution in [2.24, 2.45) is 0 Å². The quantitative estimate of drug-likeness (QED) is 0.408. The predicted octanol–water partition coefficient (Wildman–Crippen LogP) is 1.93. The normalized spacial score (nSPS) is 13.5. The Balaban J connectivity index is 1.65. The molecule has 142 valence electrons. The van der Waals surface area contributed by atoms with E-state index in [-0.39, 0.29) is 23.2 Å². The van der Waals surface area contributed by atoms with E-state index in [0.29, 0.717) is 11.3 Å². The van der Waals surface area contributed by atoms with Gasteiger partial charge in [0.15, 0.2) is 11.7 Å². The minimum Gasteiger partial charge on any atom is -0.484 e. The van der Waals surface area contributed by atoms with Gasteiger partial charge >= 0.3 is 0 Å². The molecule has 2 aromatic rings. The number of hydrogen-bond acceptors (Lipinski definition) is 5. The minimum absolute atomic E-state index is 0.0242. The summed E-state index contributed by atoms with van der Waals surface area (Å²) in [5, 5.41) is 7.50. The van der Waals surface area contributed by atoms with Crippen LogP contribution in [-0.4, -0.2) is 29.4 Å². The first kappa shape index (κ1) is 19.2. The maximum absolute atomic E-state index is 12.1. The Labute approximate surface area is 166 Å². The highest BCUT2D eigenvalue weighted by Gasteiger charge is 2.25. The lowest BCUT2D eigenvalue weighted by Gasteiger charge is -2.16. The molecule has 1 aliphatic heterocycles. The van der Waals surface area contributed by atoms with Crippen molar-refractivity contribution in [1.82, 2.24) is 10.6 Å². The predicted molar refractivity (Wildman–Crippen MR) is 109 cm³/mol. The summed E-state index contributed by atoms with van der Waals surface area (Å²) in [4.78, 5) is 35.9. The second kappa shape index (κ2) is 8.45. The van der Waals surface area contributed by atoms with Gasteiger partial charge in [-0.2, -0.15) is 0 Å². The zero-order chi connectivity index (χ0) is 20.1. The fraction of sp³-hybridized carbons (Fsp3) is 0.100. The van der Waals surface area contributed by atoms with Crippen molar-refractivity contribution in [2.75, 3.05) is 11.9 Å². The highest BCUT2D eigenvalue weighted by molar-refractivity contribution is 7.80. The Kier molecular flexibility index (Phi) is 5.81. The van der Waals surface area contributed by atoms with Crippen LogP contribution in [0.3, 0.4) is 0 Å². The van der Waals surface area contributed by atoms with Gasteiger partial charge in [0.1, 0.15) is 11.3 Å². The Bertz CT molecular complexity index is 978. The highest BCUT2D eigenvalue weighted by atomic mass is 32.1. The minimum atomic E-state index is -0.572. The summed E-state index contributed by atoms with van der Waals surface area (Å²) in [5.41, 5.74) is 2.18. The van der Waals surface area contributed by atoms with Crippen LogP contribution in [0.1, 0.15) is 11.1 Å². The van der Waals surface area contributed by atoms with Crippen molar-refractivity contribution in [2.45, 2.75) is 6.92 Å². The molecule has 0 aliphatic carbocycles. The summed E-state index contributed by atoms with van der Waals surface area (Å²) in [6.45, 7) is 1.72. The van der Waals surface area contributed by atoms with Crippen molar-refractivity contribution in [3.8, 4) is 5.75 Å². The first-order chi connectivity index (χ1) is 13.4. The standard InChI is InChI=1S/C20H17N3O4S/c1-12-5-2-3-8-16(12)21-17(24)11-27-14-7-4-6-13(9-14)10-15-18(25)22-20(28)23-19(15)26/h2-10H,11H2,1H3,(H,21,24)(H2,22,23,25,26,28). The lowest BCUT2D eigenvalue weighted by molar-refractivity contribution is -0.123. The molecular weight excluding hydrogens is 378 g/mol. The summed E-state index contributed by atoms with van der Waals surface area (Å²) >= 11 is 4.76. The van der Waals surface area contributed by atoms with Gasteiger partial charge in [-0.3, -0.25) is 25.0 Å². The van der Waals surface area contributed by atoms with Gasteiger partial charge in [0.05, 0.1) is 0 Å². The second-order valence-corrected chi connectivity index (χ2v) is 6.43. The number of carbonyl (C=O) groups excluding carboxylic acids is 3. The number of benzene rings is 2. The van der Waals surface area contributed by atoms with Gasteiger partial charge in [-0.15, -0.1) is 0 Å². The van der Waals surface area contributed by atoms with Crippen molar-refractivity contribution < 1.29 is 19.1 Å². The van der Waals surface area contributed by atoms with Crippen molar-refractivity contribution in [3.63, 3.8) is 0 Å². The number of ether oxygens (including phenoxy) is 1. The molecule has 1 aliphatic rings. The number of para-hydroxylation sites is 1. The fourth-order valence-corrected chi connectivity index (χ4v) is 2.70. The highest BCUT2D eigenvalue weighted by Crippen LogP contribution is 2.17. The first-order valence-electron chi connectivity index (χ1n) is 8.39. The molecule has 0 spiro atoms. The SMILES string of the molecule is Cc1ccccc1NC(=O)COc1cccc(C=C2C(=O)NC(=S)NC2=O)c1. The van der Waals surface area contributed by atoms with Crippen LogP contribution in [0, 0.1) is 6.92 Å². The number of amides is 3. The lowest BCUT2D eigenvalue weighted by atomic mass is 10.1. The molecular formula is C20H17N3O4S. The molecule has 3 amide bonds. The number of nitrogens with one attached hydrogen (secondary N) is 3. The molecule has 0 bridgehead atoms. The van der Waals surface area contributed by atoms with Gasteiger partial charge in [0.25, 0.3) is 17.7 Å². The summed E-state index contributed by atoms with van der Waals surface area (Å²) < 4.78 is 5.52. The van der Waals surface area contributed by atoms with Crippen LogP contribution in [0.25, 0.3) is 6.08 Å². The van der Waals surface area contributed by atoms with Gasteiger partial charge in [-0.1, -0.05) is 30.3 Å². The van der Waals surface area contributed by atoms with Crippen LogP contribution in [0.15, 0.2) is 54.1 Å². The maximum atomic E-state index is 12.1. The van der Waals surface area contributed by atoms with Crippen LogP contribution in [0.2, 0.25) is 0 Å². The number of rotatable bonds is 5. The molecule has 1 saturated heterocycles. The first-order valence-corrected chi connectivity index (χ1v) is 8.80. The van der Waals surface area contributed by atoms with Crippen molar-refractivity contribution in [1.29, 1.82) is 0 Å². The lowest BCUT2D eigenvalue weighted by Crippen LogP contribution is -2.51. The zero-order valence-electron chi connectivity index (χ0n) is 14.9. The van der Waals surface area contributed by atoms with Crippen LogP contribution in [-0.2, 0) is 14.4 Å². The molecule has 3 rings (SSSR count). The van der Waals surface area contributed by atoms with E-state index in [1.165, 1.54) is 6.08 Å². The summed E-state index contributed by atoms with van der Waals surface area (Å²) in [6, 6.07) is 14.2. The average Bonchev–Trinajstić information content (AvgIpc) is 2.65. The van der Waals surface area contributed by atoms with E-state index in [4.69, 9.17) is 17.0 Å². The molecule has 28 heavy (non-hydrogen) atoms. The van der Waals surface area contributed by atoms with Crippen LogP contribution in [0.5, 0.6) is 5.75 Å². The van der Waals surface area contributed by atoms with Gasteiger partial charge < -0.3 is 10.1 Å². The van der Waals surface area contributed by atoms with Gasteiger partial charge in [0.2, 0.25) is 0 Å². The molecule has 1 heterocycles. The Morgan fingerprint density at radius 1 is 1.11 bits per heavy atom. The molecule has 8 heteroatoms. The maximum Gasteiger partial charge on any atom is 0.263 e. The molecule has 2 aromatic carbocycles. The van der Waals surface area contributed by atoms with Gasteiger partial charge in [-0.25, -0.2) is 0 Å². The Morgan fingerprint density at radius 3 is 2.54 bits per heavy atom. The van der Waals surface area contributed by atoms with E-state index < -0.39 is 11.8 Å². The molecule has 7 nitrogen and oxygen atoms in total. The van der Waals surface area contributed by atoms with Crippen LogP contribution >= 0.6 is 12.2 Å². The zero-order valence-corrected chi connectivity index (χ0v) is 15.8. The van der Waals surface area contributed by atoms with Crippen LogP contribution in [0.4, 0.5) is 5.69 Å². The third-order valence-corrected chi connectivity index (χ3v) is 4.11. The monoisotopic (exact) mass is 395 g/mol. The number of aryl methyl sites for hydroxylation is 1. The van der Waals surface area contributed by atoms with E-state index in [0.717, 1.165) is 11.3 Å². The van der Waals surface area contributed by atoms with Crippen LogP contribution < -0.4 is 20.7 Å². The summed E-state index contributed by atoms with van der Waals surface area (Å²) in [5.74, 6) is -1.01. The molecule has 1 fully saturated rings. The second-order valence-electron chi connectivity index (χ2n) is 6.02. The fourth-order valence-electron chi connectivity index (χ4n) is 2.52. The van der Waals surface area contributed by atoms with Crippen molar-refractivity contribution in [3.05, 3.63) is 65.2 Å². The molecule has 0 saturated carbocycles. The Hall–Kier alpha value is -3.52. The number of thiocarbonyl (C=S) groups is 1. The van der Waals surface area contributed by atoms with E-state index in [1.807, 2.05) is 31.2 Å². The molecule has 0 unspecified atom stereocenters. The number of anilines is 1. The van der Waals surface area contributed by atoms with Crippen molar-refractivity contribution >= 4 is 46.8 Å². The van der Waals surface area contributed by atoms with Gasteiger partial charge in [0, 0.05) is 5.69 Å². The third kappa shape index (κ3) is 4.80. The smallest absolute Gasteiger partial charge is 0.263 e. The van der Waals surface area contributed by atoms with E-state index >= 15 is 0 Å². The summed E-state index contributed by atoms with van der Waals surface area (Å²) in [7, 11) is 0. The van der Waals surface area contributed by atoms with E-state index in [2.05, 4.69) is 16.0 Å². The average molecular weight is 395 g/mol. The van der Waals surface area contributed by atoms with Gasteiger partial charge in [-0.05, 0) is 54.5 Å². The largest absolute Gasteiger partial charge is 0.484 e. The number of hydrogen-bond donors (Lipinski definition) is 3. The number of carbonyl (C=O) groups is 3. The Morgan fingerprint density at radius 2 is 1.82 bits per heavy atom. The van der Waals surface area contributed by atoms with E-state index in [9.17, 15) is 14.4 Å². The molecule has 3 N–H and O–H groups in total. The third-order valence-electron chi connectivity index (χ3n) is 3.90. The molecule has 0 radical (unpaired) electrons. The molecule has 0 aromatic heterocycles. The summed E-state index contributed by atoms with van der Waals surface area (Å²) in [6.07, 6.45) is 1.42.